The lowest BCUT2D eigenvalue weighted by Crippen LogP contribution is -2.06. The van der Waals surface area contributed by atoms with Gasteiger partial charge in [0.2, 0.25) is 0 Å². The van der Waals surface area contributed by atoms with Crippen LogP contribution in [0.25, 0.3) is 0 Å². The highest BCUT2D eigenvalue weighted by molar-refractivity contribution is 6.29. The summed E-state index contributed by atoms with van der Waals surface area (Å²) in [5.41, 5.74) is 6.29. The van der Waals surface area contributed by atoms with Crippen LogP contribution in [0.1, 0.15) is 13.3 Å². The topological polar surface area (TPSA) is 50.9 Å². The van der Waals surface area contributed by atoms with Gasteiger partial charge in [-0.3, -0.25) is 0 Å². The van der Waals surface area contributed by atoms with E-state index in [2.05, 4.69) is 17.2 Å². The number of nitrogens with two attached hydrogens (primary N) is 1. The average Bonchev–Trinajstić information content (AvgIpc) is 2.77. The molecular formula is C10H14ClN3. The molecule has 0 aliphatic heterocycles. The van der Waals surface area contributed by atoms with E-state index in [1.165, 1.54) is 6.42 Å². The molecule has 0 aromatic carbocycles. The number of rotatable bonds is 3. The van der Waals surface area contributed by atoms with Crippen molar-refractivity contribution in [1.82, 2.24) is 4.98 Å². The molecule has 4 heteroatoms. The lowest BCUT2D eigenvalue weighted by Gasteiger charge is -2.05. The van der Waals surface area contributed by atoms with Gasteiger partial charge in [0.15, 0.2) is 0 Å². The number of halogens is 1. The van der Waals surface area contributed by atoms with Crippen LogP contribution in [0.5, 0.6) is 0 Å². The fraction of sp³-hybridized carbons (Fsp3) is 0.500. The van der Waals surface area contributed by atoms with Crippen molar-refractivity contribution in [3.8, 4) is 0 Å². The Balaban J connectivity index is 1.95. The number of anilines is 2. The molecule has 76 valence electrons. The molecule has 0 radical (unpaired) electrons. The number of pyridine rings is 1. The van der Waals surface area contributed by atoms with Crippen molar-refractivity contribution in [1.29, 1.82) is 0 Å². The van der Waals surface area contributed by atoms with Crippen LogP contribution < -0.4 is 11.1 Å². The Morgan fingerprint density at radius 2 is 2.36 bits per heavy atom. The second-order valence-electron chi connectivity index (χ2n) is 3.96. The van der Waals surface area contributed by atoms with Gasteiger partial charge in [0.1, 0.15) is 11.0 Å². The smallest absolute Gasteiger partial charge is 0.133 e. The summed E-state index contributed by atoms with van der Waals surface area (Å²) >= 11 is 5.78. The van der Waals surface area contributed by atoms with Crippen molar-refractivity contribution >= 4 is 23.1 Å². The predicted molar refractivity (Wildman–Crippen MR) is 59.4 cm³/mol. The van der Waals surface area contributed by atoms with Gasteiger partial charge in [-0.2, -0.15) is 0 Å². The normalized spacial score (nSPS) is 24.7. The van der Waals surface area contributed by atoms with Crippen LogP contribution in [-0.2, 0) is 0 Å². The Hall–Kier alpha value is -0.960. The first-order chi connectivity index (χ1) is 6.65. The molecule has 1 aromatic heterocycles. The van der Waals surface area contributed by atoms with Crippen molar-refractivity contribution in [3.63, 3.8) is 0 Å². The van der Waals surface area contributed by atoms with Crippen molar-refractivity contribution in [2.75, 3.05) is 17.6 Å². The fourth-order valence-corrected chi connectivity index (χ4v) is 1.74. The first-order valence-corrected chi connectivity index (χ1v) is 5.20. The summed E-state index contributed by atoms with van der Waals surface area (Å²) in [6, 6.07) is 3.45. The second kappa shape index (κ2) is 3.65. The van der Waals surface area contributed by atoms with Crippen LogP contribution in [0, 0.1) is 11.8 Å². The standard InChI is InChI=1S/C10H14ClN3/c1-6-2-7(6)5-13-10-4-8(12)3-9(11)14-10/h3-4,6-7H,2,5H2,1H3,(H3,12,13,14). The van der Waals surface area contributed by atoms with Gasteiger partial charge in [-0.15, -0.1) is 0 Å². The van der Waals surface area contributed by atoms with Gasteiger partial charge < -0.3 is 11.1 Å². The second-order valence-corrected chi connectivity index (χ2v) is 4.35. The van der Waals surface area contributed by atoms with Gasteiger partial charge in [0.25, 0.3) is 0 Å². The zero-order chi connectivity index (χ0) is 10.1. The van der Waals surface area contributed by atoms with Gasteiger partial charge in [0.05, 0.1) is 0 Å². The number of nitrogen functional groups attached to an aromatic ring is 1. The van der Waals surface area contributed by atoms with Crippen molar-refractivity contribution < 1.29 is 0 Å². The van der Waals surface area contributed by atoms with Crippen LogP contribution in [-0.4, -0.2) is 11.5 Å². The minimum Gasteiger partial charge on any atom is -0.399 e. The molecule has 0 spiro atoms. The highest BCUT2D eigenvalue weighted by atomic mass is 35.5. The maximum Gasteiger partial charge on any atom is 0.133 e. The molecular weight excluding hydrogens is 198 g/mol. The maximum atomic E-state index is 5.78. The lowest BCUT2D eigenvalue weighted by molar-refractivity contribution is 0.784. The number of hydrogen-bond acceptors (Lipinski definition) is 3. The van der Waals surface area contributed by atoms with Crippen molar-refractivity contribution in [2.45, 2.75) is 13.3 Å². The molecule has 0 amide bonds. The lowest BCUT2D eigenvalue weighted by atomic mass is 10.3. The van der Waals surface area contributed by atoms with Crippen LogP contribution in [0.3, 0.4) is 0 Å². The van der Waals surface area contributed by atoms with Gasteiger partial charge in [-0.1, -0.05) is 18.5 Å². The summed E-state index contributed by atoms with van der Waals surface area (Å²) in [5.74, 6) is 2.41. The minimum absolute atomic E-state index is 0.441. The predicted octanol–water partition coefficient (Wildman–Crippen LogP) is 2.39. The first-order valence-electron chi connectivity index (χ1n) is 4.82. The molecule has 1 saturated carbocycles. The van der Waals surface area contributed by atoms with Crippen molar-refractivity contribution in [2.24, 2.45) is 11.8 Å². The van der Waals surface area contributed by atoms with Crippen molar-refractivity contribution in [3.05, 3.63) is 17.3 Å². The third-order valence-corrected chi connectivity index (χ3v) is 2.83. The highest BCUT2D eigenvalue weighted by Gasteiger charge is 2.31. The van der Waals surface area contributed by atoms with Gasteiger partial charge in [-0.05, 0) is 24.3 Å². The zero-order valence-corrected chi connectivity index (χ0v) is 8.88. The molecule has 2 atom stereocenters. The van der Waals surface area contributed by atoms with Crippen LogP contribution in [0.2, 0.25) is 5.15 Å². The Morgan fingerprint density at radius 1 is 1.64 bits per heavy atom. The van der Waals surface area contributed by atoms with Crippen LogP contribution >= 0.6 is 11.6 Å². The molecule has 1 heterocycles. The third-order valence-electron chi connectivity index (χ3n) is 2.64. The molecule has 1 aliphatic rings. The van der Waals surface area contributed by atoms with E-state index >= 15 is 0 Å². The Kier molecular flexibility index (Phi) is 2.50. The number of aromatic nitrogens is 1. The van der Waals surface area contributed by atoms with E-state index in [1.54, 1.807) is 12.1 Å². The number of nitrogens with zero attached hydrogens (tertiary/aromatic N) is 1. The number of nitrogens with one attached hydrogen (secondary N) is 1. The summed E-state index contributed by atoms with van der Waals surface area (Å²) < 4.78 is 0. The summed E-state index contributed by atoms with van der Waals surface area (Å²) in [4.78, 5) is 4.13. The molecule has 0 saturated heterocycles. The molecule has 2 unspecified atom stereocenters. The molecule has 1 fully saturated rings. The Labute approximate surface area is 88.7 Å². The Morgan fingerprint density at radius 3 is 2.93 bits per heavy atom. The van der Waals surface area contributed by atoms with Gasteiger partial charge >= 0.3 is 0 Å². The van der Waals surface area contributed by atoms with E-state index in [1.807, 2.05) is 0 Å². The number of hydrogen-bond donors (Lipinski definition) is 2. The quantitative estimate of drug-likeness (QED) is 0.755. The van der Waals surface area contributed by atoms with E-state index in [9.17, 15) is 0 Å². The first kappa shape index (κ1) is 9.59. The SMILES string of the molecule is CC1CC1CNc1cc(N)cc(Cl)n1. The van der Waals surface area contributed by atoms with E-state index < -0.39 is 0 Å². The van der Waals surface area contributed by atoms with E-state index in [4.69, 9.17) is 17.3 Å². The molecule has 3 nitrogen and oxygen atoms in total. The molecule has 14 heavy (non-hydrogen) atoms. The van der Waals surface area contributed by atoms with Crippen LogP contribution in [0.15, 0.2) is 12.1 Å². The summed E-state index contributed by atoms with van der Waals surface area (Å²) in [7, 11) is 0. The maximum absolute atomic E-state index is 5.78. The Bertz CT molecular complexity index is 320. The molecule has 2 rings (SSSR count). The summed E-state index contributed by atoms with van der Waals surface area (Å²) in [6.45, 7) is 3.22. The largest absolute Gasteiger partial charge is 0.399 e. The summed E-state index contributed by atoms with van der Waals surface area (Å²) in [5, 5.41) is 3.68. The molecule has 3 N–H and O–H groups in total. The fourth-order valence-electron chi connectivity index (χ4n) is 1.53. The monoisotopic (exact) mass is 211 g/mol. The molecule has 1 aliphatic carbocycles. The molecule has 0 bridgehead atoms. The third kappa shape index (κ3) is 2.29. The average molecular weight is 212 g/mol. The van der Waals surface area contributed by atoms with E-state index in [-0.39, 0.29) is 0 Å². The summed E-state index contributed by atoms with van der Waals surface area (Å²) in [6.07, 6.45) is 1.31. The van der Waals surface area contributed by atoms with Crippen LogP contribution in [0.4, 0.5) is 11.5 Å². The van der Waals surface area contributed by atoms with Gasteiger partial charge in [0, 0.05) is 18.3 Å². The minimum atomic E-state index is 0.441. The van der Waals surface area contributed by atoms with Gasteiger partial charge in [-0.25, -0.2) is 4.98 Å². The zero-order valence-electron chi connectivity index (χ0n) is 8.13. The highest BCUT2D eigenvalue weighted by Crippen LogP contribution is 2.37. The van der Waals surface area contributed by atoms with E-state index in [0.29, 0.717) is 10.8 Å². The molecule has 1 aromatic rings. The van der Waals surface area contributed by atoms with E-state index in [0.717, 1.165) is 24.2 Å².